The second-order valence-electron chi connectivity index (χ2n) is 9.22. The number of aromatic nitrogens is 1. The van der Waals surface area contributed by atoms with Gasteiger partial charge in [-0.1, -0.05) is 18.2 Å². The highest BCUT2D eigenvalue weighted by Gasteiger charge is 2.54. The zero-order chi connectivity index (χ0) is 24.8. The van der Waals surface area contributed by atoms with Crippen LogP contribution < -0.4 is 0 Å². The van der Waals surface area contributed by atoms with Gasteiger partial charge in [-0.3, -0.25) is 29.2 Å². The molecule has 3 amide bonds. The zero-order valence-electron chi connectivity index (χ0n) is 20.0. The van der Waals surface area contributed by atoms with Gasteiger partial charge in [0, 0.05) is 58.5 Å². The Labute approximate surface area is 204 Å². The van der Waals surface area contributed by atoms with E-state index in [-0.39, 0.29) is 31.2 Å². The smallest absolute Gasteiger partial charge is 0.241 e. The number of pyridine rings is 1. The van der Waals surface area contributed by atoms with E-state index >= 15 is 0 Å². The number of rotatable bonds is 9. The van der Waals surface area contributed by atoms with Gasteiger partial charge in [0.25, 0.3) is 0 Å². The predicted octanol–water partition coefficient (Wildman–Crippen LogP) is 1.99. The Hall–Kier alpha value is -3.17. The first kappa shape index (κ1) is 24.9. The minimum absolute atomic E-state index is 0.0617. The summed E-state index contributed by atoms with van der Waals surface area (Å²) in [5.41, 5.74) is -0.382. The van der Waals surface area contributed by atoms with E-state index in [4.69, 9.17) is 4.74 Å². The van der Waals surface area contributed by atoms with Crippen LogP contribution in [0.15, 0.2) is 48.8 Å². The average molecular weight is 483 g/mol. The molecule has 2 aliphatic heterocycles. The van der Waals surface area contributed by atoms with Crippen molar-refractivity contribution in [2.75, 3.05) is 46.4 Å². The summed E-state index contributed by atoms with van der Waals surface area (Å²) < 4.78 is 19.5. The Morgan fingerprint density at radius 2 is 2.00 bits per heavy atom. The molecule has 9 heteroatoms. The van der Waals surface area contributed by atoms with Crippen LogP contribution in [0.5, 0.6) is 0 Å². The highest BCUT2D eigenvalue weighted by Crippen LogP contribution is 2.41. The van der Waals surface area contributed by atoms with Gasteiger partial charge < -0.3 is 9.64 Å². The number of carbonyl (C=O) groups excluding carboxylic acids is 3. The van der Waals surface area contributed by atoms with E-state index in [1.807, 2.05) is 0 Å². The van der Waals surface area contributed by atoms with Crippen molar-refractivity contribution >= 4 is 17.7 Å². The molecule has 2 saturated heterocycles. The number of morpholine rings is 1. The molecular weight excluding hydrogens is 451 g/mol. The third-order valence-electron chi connectivity index (χ3n) is 6.80. The Morgan fingerprint density at radius 1 is 1.20 bits per heavy atom. The van der Waals surface area contributed by atoms with E-state index in [9.17, 15) is 18.8 Å². The molecular formula is C26H31FN4O4. The SMILES string of the molecule is CN(CCCN1CCOCC1)C(=O)C[C@]1(c2cccc(F)c2)CC(=O)N(Cc2cccnc2)C1=O. The fourth-order valence-corrected chi connectivity index (χ4v) is 4.76. The molecule has 0 saturated carbocycles. The highest BCUT2D eigenvalue weighted by atomic mass is 19.1. The highest BCUT2D eigenvalue weighted by molar-refractivity contribution is 6.10. The molecule has 3 heterocycles. The van der Waals surface area contributed by atoms with Crippen molar-refractivity contribution in [1.29, 1.82) is 0 Å². The lowest BCUT2D eigenvalue weighted by Crippen LogP contribution is -2.43. The normalized spacial score (nSPS) is 20.9. The first-order chi connectivity index (χ1) is 16.9. The second kappa shape index (κ2) is 11.0. The number of imide groups is 1. The lowest BCUT2D eigenvalue weighted by atomic mass is 9.75. The van der Waals surface area contributed by atoms with Crippen molar-refractivity contribution < 1.29 is 23.5 Å². The number of likely N-dealkylation sites (tertiary alicyclic amines) is 1. The lowest BCUT2D eigenvalue weighted by Gasteiger charge is -2.30. The molecule has 2 aliphatic rings. The predicted molar refractivity (Wildman–Crippen MR) is 127 cm³/mol. The Kier molecular flexibility index (Phi) is 7.87. The molecule has 1 aromatic carbocycles. The van der Waals surface area contributed by atoms with E-state index in [0.29, 0.717) is 17.7 Å². The molecule has 0 unspecified atom stereocenters. The Morgan fingerprint density at radius 3 is 2.71 bits per heavy atom. The average Bonchev–Trinajstić information content (AvgIpc) is 3.10. The van der Waals surface area contributed by atoms with Crippen molar-refractivity contribution in [3.05, 3.63) is 65.7 Å². The van der Waals surface area contributed by atoms with Gasteiger partial charge >= 0.3 is 0 Å². The molecule has 186 valence electrons. The molecule has 8 nitrogen and oxygen atoms in total. The fourth-order valence-electron chi connectivity index (χ4n) is 4.76. The van der Waals surface area contributed by atoms with Crippen molar-refractivity contribution in [3.8, 4) is 0 Å². The van der Waals surface area contributed by atoms with E-state index in [1.165, 1.54) is 18.2 Å². The van der Waals surface area contributed by atoms with Crippen LogP contribution in [0.2, 0.25) is 0 Å². The van der Waals surface area contributed by atoms with Crippen molar-refractivity contribution in [2.45, 2.75) is 31.2 Å². The standard InChI is InChI=1S/C26H31FN4O4/c1-29(9-4-10-30-11-13-35-14-12-30)23(32)16-26(21-6-2-7-22(27)15-21)17-24(33)31(25(26)34)19-20-5-3-8-28-18-20/h2-3,5-8,15,18H,4,9-14,16-17,19H2,1H3/t26-/m1/s1. The maximum Gasteiger partial charge on any atom is 0.241 e. The Bertz CT molecular complexity index is 1060. The minimum Gasteiger partial charge on any atom is -0.379 e. The monoisotopic (exact) mass is 482 g/mol. The molecule has 0 radical (unpaired) electrons. The number of halogens is 1. The largest absolute Gasteiger partial charge is 0.379 e. The number of ether oxygens (including phenoxy) is 1. The summed E-state index contributed by atoms with van der Waals surface area (Å²) in [6.07, 6.45) is 3.62. The van der Waals surface area contributed by atoms with Crippen LogP contribution in [0, 0.1) is 5.82 Å². The first-order valence-electron chi connectivity index (χ1n) is 11.9. The molecule has 35 heavy (non-hydrogen) atoms. The van der Waals surface area contributed by atoms with Crippen molar-refractivity contribution in [1.82, 2.24) is 19.7 Å². The lowest BCUT2D eigenvalue weighted by molar-refractivity contribution is -0.143. The molecule has 2 aromatic rings. The maximum absolute atomic E-state index is 14.2. The molecule has 4 rings (SSSR count). The third-order valence-corrected chi connectivity index (χ3v) is 6.80. The quantitative estimate of drug-likeness (QED) is 0.509. The second-order valence-corrected chi connectivity index (χ2v) is 9.22. The van der Waals surface area contributed by atoms with Gasteiger partial charge in [-0.25, -0.2) is 4.39 Å². The summed E-state index contributed by atoms with van der Waals surface area (Å²) in [6.45, 7) is 4.64. The minimum atomic E-state index is -1.43. The van der Waals surface area contributed by atoms with Gasteiger partial charge in [0.1, 0.15) is 5.82 Å². The number of carbonyl (C=O) groups is 3. The molecule has 2 fully saturated rings. The fraction of sp³-hybridized carbons (Fsp3) is 0.462. The number of amides is 3. The summed E-state index contributed by atoms with van der Waals surface area (Å²) in [5.74, 6) is -1.63. The third kappa shape index (κ3) is 5.74. The first-order valence-corrected chi connectivity index (χ1v) is 11.9. The van der Waals surface area contributed by atoms with Crippen LogP contribution in [0.25, 0.3) is 0 Å². The topological polar surface area (TPSA) is 83.1 Å². The molecule has 0 bridgehead atoms. The molecule has 0 N–H and O–H groups in total. The summed E-state index contributed by atoms with van der Waals surface area (Å²) in [7, 11) is 1.70. The van der Waals surface area contributed by atoms with E-state index in [2.05, 4.69) is 9.88 Å². The van der Waals surface area contributed by atoms with Crippen LogP contribution >= 0.6 is 0 Å². The Balaban J connectivity index is 1.50. The van der Waals surface area contributed by atoms with Gasteiger partial charge in [-0.15, -0.1) is 0 Å². The maximum atomic E-state index is 14.2. The van der Waals surface area contributed by atoms with Gasteiger partial charge in [-0.05, 0) is 35.7 Å². The summed E-state index contributed by atoms with van der Waals surface area (Å²) >= 11 is 0. The number of benzene rings is 1. The van der Waals surface area contributed by atoms with Crippen LogP contribution in [0.3, 0.4) is 0 Å². The van der Waals surface area contributed by atoms with Crippen molar-refractivity contribution in [3.63, 3.8) is 0 Å². The molecule has 1 atom stereocenters. The molecule has 1 aromatic heterocycles. The number of hydrogen-bond donors (Lipinski definition) is 0. The summed E-state index contributed by atoms with van der Waals surface area (Å²) in [6, 6.07) is 9.17. The van der Waals surface area contributed by atoms with Crippen LogP contribution in [0.1, 0.15) is 30.4 Å². The van der Waals surface area contributed by atoms with Crippen LogP contribution in [0.4, 0.5) is 4.39 Å². The number of nitrogens with zero attached hydrogens (tertiary/aromatic N) is 4. The van der Waals surface area contributed by atoms with Gasteiger partial charge in [-0.2, -0.15) is 0 Å². The van der Waals surface area contributed by atoms with Crippen molar-refractivity contribution in [2.24, 2.45) is 0 Å². The van der Waals surface area contributed by atoms with Gasteiger partial charge in [0.05, 0.1) is 25.2 Å². The van der Waals surface area contributed by atoms with E-state index < -0.39 is 17.1 Å². The summed E-state index contributed by atoms with van der Waals surface area (Å²) in [4.78, 5) is 49.1. The molecule has 0 aliphatic carbocycles. The number of hydrogen-bond acceptors (Lipinski definition) is 6. The summed E-state index contributed by atoms with van der Waals surface area (Å²) in [5, 5.41) is 0. The zero-order valence-corrected chi connectivity index (χ0v) is 20.0. The van der Waals surface area contributed by atoms with Gasteiger partial charge in [0.15, 0.2) is 0 Å². The van der Waals surface area contributed by atoms with Crippen LogP contribution in [-0.2, 0) is 31.1 Å². The van der Waals surface area contributed by atoms with E-state index in [1.54, 1.807) is 42.5 Å². The van der Waals surface area contributed by atoms with Gasteiger partial charge in [0.2, 0.25) is 17.7 Å². The molecule has 0 spiro atoms. The van der Waals surface area contributed by atoms with Crippen LogP contribution in [-0.4, -0.2) is 83.8 Å². The van der Waals surface area contributed by atoms with E-state index in [0.717, 1.165) is 44.2 Å².